The number of nitrogens with two attached hydrogens (primary N) is 1. The van der Waals surface area contributed by atoms with E-state index in [4.69, 9.17) is 0 Å². The van der Waals surface area contributed by atoms with Crippen LogP contribution in [0, 0.1) is 0 Å². The number of rotatable bonds is 0. The van der Waals surface area contributed by atoms with Crippen LogP contribution >= 0.6 is 0 Å². The molecule has 0 aromatic heterocycles. The topological polar surface area (TPSA) is 55.1 Å². The fourth-order valence-electron chi connectivity index (χ4n) is 0.267. The molecule has 0 aromatic rings. The summed E-state index contributed by atoms with van der Waals surface area (Å²) in [5, 5.41) is 3.75. The van der Waals surface area contributed by atoms with Crippen LogP contribution in [0.25, 0.3) is 5.53 Å². The van der Waals surface area contributed by atoms with Gasteiger partial charge in [0.25, 0.3) is 0 Å². The highest BCUT2D eigenvalue weighted by molar-refractivity contribution is 5.79. The first-order valence-corrected chi connectivity index (χ1v) is 1.71. The maximum atomic E-state index is 3.75. The summed E-state index contributed by atoms with van der Waals surface area (Å²) >= 11 is 0. The van der Waals surface area contributed by atoms with Crippen molar-refractivity contribution in [3.63, 3.8) is 0 Å². The van der Waals surface area contributed by atoms with Gasteiger partial charge < -0.3 is 11.0 Å². The molecule has 0 fully saturated rings. The first-order chi connectivity index (χ1) is 2.89. The molecule has 0 aromatic carbocycles. The largest absolute Gasteiger partial charge is 0.421 e. The van der Waals surface area contributed by atoms with Crippen LogP contribution in [0.4, 0.5) is 0 Å². The molecule has 1 aliphatic heterocycles. The molecule has 0 saturated heterocycles. The van der Waals surface area contributed by atoms with Gasteiger partial charge in [-0.15, -0.1) is 0 Å². The first kappa shape index (κ1) is 3.58. The van der Waals surface area contributed by atoms with Crippen molar-refractivity contribution in [1.82, 2.24) is 5.43 Å². The minimum atomic E-state index is 0.856. The zero-order valence-corrected chi connectivity index (χ0v) is 3.47. The molecule has 34 valence electrons. The normalized spacial score (nSPS) is 19.8. The van der Waals surface area contributed by atoms with E-state index in [1.165, 1.54) is 5.53 Å². The molecule has 3 N–H and O–H groups in total. The van der Waals surface area contributed by atoms with Gasteiger partial charge in [-0.1, -0.05) is 5.10 Å². The number of amidine groups is 1. The summed E-state index contributed by atoms with van der Waals surface area (Å²) < 4.78 is 0. The van der Waals surface area contributed by atoms with Gasteiger partial charge in [0.2, 0.25) is 0 Å². The van der Waals surface area contributed by atoms with Crippen LogP contribution in [0.15, 0.2) is 5.10 Å². The monoisotopic (exact) mass is 86.1 g/mol. The molecule has 1 aliphatic rings. The Hall–Kier alpha value is -0.610. The van der Waals surface area contributed by atoms with E-state index in [0.717, 1.165) is 5.84 Å². The van der Waals surface area contributed by atoms with E-state index in [2.05, 4.69) is 16.1 Å². The summed E-state index contributed by atoms with van der Waals surface area (Å²) in [5.41, 5.74) is 7.71. The Labute approximate surface area is 35.6 Å². The molecular weight excluding hydrogens is 80.0 g/mol. The number of quaternary nitrogens is 1. The first-order valence-electron chi connectivity index (χ1n) is 1.71. The summed E-state index contributed by atoms with van der Waals surface area (Å²) in [4.78, 5) is 0. The van der Waals surface area contributed by atoms with Crippen LogP contribution in [0.5, 0.6) is 0 Å². The van der Waals surface area contributed by atoms with Gasteiger partial charge in [-0.3, -0.25) is 5.53 Å². The van der Waals surface area contributed by atoms with Gasteiger partial charge in [0.05, 0.1) is 0 Å². The Bertz CT molecular complexity index is 75.6. The Morgan fingerprint density at radius 1 is 2.00 bits per heavy atom. The lowest BCUT2D eigenvalue weighted by Crippen LogP contribution is -2.70. The van der Waals surface area contributed by atoms with E-state index in [1.54, 1.807) is 0 Å². The van der Waals surface area contributed by atoms with Gasteiger partial charge in [-0.2, -0.15) is 0 Å². The number of nitrogens with zero attached hydrogens (tertiary/aromatic N) is 2. The Balaban J connectivity index is 2.45. The van der Waals surface area contributed by atoms with Crippen LogP contribution in [0.2, 0.25) is 0 Å². The smallest absolute Gasteiger partial charge is 0.140 e. The Morgan fingerprint density at radius 3 is 3.00 bits per heavy atom. The second-order valence-corrected chi connectivity index (χ2v) is 1.07. The average molecular weight is 86.1 g/mol. The SMILES string of the molecule is CC1=N[NH2+][N-]N1. The lowest BCUT2D eigenvalue weighted by Gasteiger charge is -1.99. The zero-order chi connectivity index (χ0) is 4.41. The molecule has 4 heteroatoms. The van der Waals surface area contributed by atoms with Gasteiger partial charge in [-0.25, -0.2) is 0 Å². The third kappa shape index (κ3) is 0.474. The summed E-state index contributed by atoms with van der Waals surface area (Å²) in [6.45, 7) is 1.85. The highest BCUT2D eigenvalue weighted by Crippen LogP contribution is 1.70. The predicted octanol–water partition coefficient (Wildman–Crippen LogP) is -1.31. The maximum absolute atomic E-state index is 3.75. The van der Waals surface area contributed by atoms with Crippen LogP contribution in [0.1, 0.15) is 6.92 Å². The minimum Gasteiger partial charge on any atom is -0.421 e. The van der Waals surface area contributed by atoms with Crippen molar-refractivity contribution >= 4 is 5.84 Å². The highest BCUT2D eigenvalue weighted by Gasteiger charge is 1.86. The molecule has 1 rings (SSSR count). The molecular formula is C2H6N4. The maximum Gasteiger partial charge on any atom is 0.140 e. The van der Waals surface area contributed by atoms with Crippen molar-refractivity contribution in [1.29, 1.82) is 0 Å². The fraction of sp³-hybridized carbons (Fsp3) is 0.500. The molecule has 0 unspecified atom stereocenters. The predicted molar refractivity (Wildman–Crippen MR) is 21.5 cm³/mol. The summed E-state index contributed by atoms with van der Waals surface area (Å²) in [6, 6.07) is 0. The van der Waals surface area contributed by atoms with Crippen LogP contribution in [0.3, 0.4) is 0 Å². The van der Waals surface area contributed by atoms with E-state index in [9.17, 15) is 0 Å². The molecule has 0 radical (unpaired) electrons. The average Bonchev–Trinajstić information content (AvgIpc) is 1.86. The van der Waals surface area contributed by atoms with Crippen molar-refractivity contribution in [3.8, 4) is 0 Å². The van der Waals surface area contributed by atoms with Crippen LogP contribution in [-0.2, 0) is 0 Å². The quantitative estimate of drug-likeness (QED) is 0.353. The van der Waals surface area contributed by atoms with Crippen molar-refractivity contribution < 1.29 is 5.53 Å². The molecule has 0 spiro atoms. The lowest BCUT2D eigenvalue weighted by atomic mass is 10.7. The molecule has 6 heavy (non-hydrogen) atoms. The van der Waals surface area contributed by atoms with Crippen molar-refractivity contribution in [2.75, 3.05) is 0 Å². The van der Waals surface area contributed by atoms with Crippen molar-refractivity contribution in [2.24, 2.45) is 5.10 Å². The fourth-order valence-corrected chi connectivity index (χ4v) is 0.267. The van der Waals surface area contributed by atoms with E-state index in [0.29, 0.717) is 0 Å². The third-order valence-electron chi connectivity index (χ3n) is 0.535. The van der Waals surface area contributed by atoms with E-state index in [-0.39, 0.29) is 0 Å². The van der Waals surface area contributed by atoms with Crippen LogP contribution in [-0.4, -0.2) is 5.84 Å². The molecule has 0 atom stereocenters. The summed E-state index contributed by atoms with van der Waals surface area (Å²) in [6.07, 6.45) is 0. The van der Waals surface area contributed by atoms with Crippen molar-refractivity contribution in [3.05, 3.63) is 5.53 Å². The number of hydrogen-bond acceptors (Lipinski definition) is 2. The van der Waals surface area contributed by atoms with E-state index >= 15 is 0 Å². The molecule has 1 heterocycles. The lowest BCUT2D eigenvalue weighted by molar-refractivity contribution is -0.610. The molecule has 0 bridgehead atoms. The number of hydrogen-bond donors (Lipinski definition) is 2. The zero-order valence-electron chi connectivity index (χ0n) is 3.47. The molecule has 0 aliphatic carbocycles. The van der Waals surface area contributed by atoms with Crippen molar-refractivity contribution in [2.45, 2.75) is 6.92 Å². The van der Waals surface area contributed by atoms with E-state index in [1.807, 2.05) is 6.92 Å². The summed E-state index contributed by atoms with van der Waals surface area (Å²) in [7, 11) is 0. The van der Waals surface area contributed by atoms with Crippen LogP contribution < -0.4 is 11.0 Å². The molecule has 4 nitrogen and oxygen atoms in total. The number of nitrogens with one attached hydrogen (secondary N) is 1. The van der Waals surface area contributed by atoms with Gasteiger partial charge >= 0.3 is 0 Å². The van der Waals surface area contributed by atoms with E-state index < -0.39 is 0 Å². The third-order valence-corrected chi connectivity index (χ3v) is 0.535. The minimum absolute atomic E-state index is 0.856. The highest BCUT2D eigenvalue weighted by atomic mass is 15.8. The van der Waals surface area contributed by atoms with Gasteiger partial charge in [0, 0.05) is 0 Å². The second kappa shape index (κ2) is 1.24. The molecule has 0 saturated carbocycles. The molecule has 0 amide bonds. The second-order valence-electron chi connectivity index (χ2n) is 1.07. The Morgan fingerprint density at radius 2 is 2.83 bits per heavy atom. The van der Waals surface area contributed by atoms with Gasteiger partial charge in [0.1, 0.15) is 5.84 Å². The summed E-state index contributed by atoms with van der Waals surface area (Å²) in [5.74, 6) is 0.856. The van der Waals surface area contributed by atoms with Gasteiger partial charge in [-0.05, 0) is 6.92 Å². The van der Waals surface area contributed by atoms with Gasteiger partial charge in [0.15, 0.2) is 0 Å². The standard InChI is InChI=1S/C2H6N4/c1-2-3-5-6-4-2/h5H2,1H3,(H,3,4). The Kier molecular flexibility index (Phi) is 0.736.